The molecule has 4 rings (SSSR count). The Hall–Kier alpha value is -3.85. The average Bonchev–Trinajstić information content (AvgIpc) is 2.79. The molecule has 1 aromatic heterocycles. The maximum Gasteiger partial charge on any atom is 0.170 e. The molecule has 0 spiro atoms. The third kappa shape index (κ3) is 4.28. The summed E-state index contributed by atoms with van der Waals surface area (Å²) < 4.78 is 18.4. The van der Waals surface area contributed by atoms with Gasteiger partial charge in [0.15, 0.2) is 11.9 Å². The van der Waals surface area contributed by atoms with Gasteiger partial charge in [0.2, 0.25) is 0 Å². The Morgan fingerprint density at radius 1 is 1.06 bits per heavy atom. The van der Waals surface area contributed by atoms with Crippen LogP contribution in [0.4, 0.5) is 0 Å². The molecule has 162 valence electrons. The van der Waals surface area contributed by atoms with Gasteiger partial charge >= 0.3 is 0 Å². The van der Waals surface area contributed by atoms with Crippen molar-refractivity contribution < 1.29 is 19.0 Å². The van der Waals surface area contributed by atoms with Crippen LogP contribution in [-0.4, -0.2) is 23.5 Å². The van der Waals surface area contributed by atoms with Crippen LogP contribution in [0, 0.1) is 18.3 Å². The third-order valence-electron chi connectivity index (χ3n) is 5.27. The van der Waals surface area contributed by atoms with Crippen molar-refractivity contribution in [3.8, 4) is 23.3 Å². The SMILES string of the molecule is Cc1c(OC(c2ccncc2)c2ccc(C#N)cc2OC(C)C)ccc2c1OCCC2=O. The molecule has 1 unspecified atom stereocenters. The third-order valence-corrected chi connectivity index (χ3v) is 5.27. The number of rotatable bonds is 6. The Morgan fingerprint density at radius 3 is 2.56 bits per heavy atom. The summed E-state index contributed by atoms with van der Waals surface area (Å²) in [4.78, 5) is 16.4. The normalized spacial score (nSPS) is 13.7. The van der Waals surface area contributed by atoms with E-state index in [0.29, 0.717) is 41.4 Å². The van der Waals surface area contributed by atoms with Crippen molar-refractivity contribution in [2.75, 3.05) is 6.61 Å². The number of ether oxygens (including phenoxy) is 3. The van der Waals surface area contributed by atoms with Gasteiger partial charge in [-0.1, -0.05) is 0 Å². The predicted molar refractivity (Wildman–Crippen MR) is 119 cm³/mol. The molecule has 2 aromatic carbocycles. The van der Waals surface area contributed by atoms with E-state index in [1.165, 1.54) is 0 Å². The number of carbonyl (C=O) groups is 1. The molecule has 6 heteroatoms. The molecule has 1 aliphatic rings. The minimum atomic E-state index is -0.518. The molecule has 6 nitrogen and oxygen atoms in total. The molecule has 0 aliphatic carbocycles. The van der Waals surface area contributed by atoms with Crippen LogP contribution in [-0.2, 0) is 0 Å². The van der Waals surface area contributed by atoms with E-state index in [2.05, 4.69) is 11.1 Å². The highest BCUT2D eigenvalue weighted by Crippen LogP contribution is 2.40. The second kappa shape index (κ2) is 9.11. The molecule has 0 fully saturated rings. The number of carbonyl (C=O) groups excluding carboxylic acids is 1. The standard InChI is InChI=1S/C26H24N2O4/c1-16(2)31-24-14-18(15-27)4-5-21(24)26(19-8-11-28-12-9-19)32-23-7-6-20-22(29)10-13-30-25(20)17(23)3/h4-9,11-12,14,16,26H,10,13H2,1-3H3. The van der Waals surface area contributed by atoms with Crippen LogP contribution in [0.2, 0.25) is 0 Å². The van der Waals surface area contributed by atoms with Gasteiger partial charge < -0.3 is 14.2 Å². The fourth-order valence-electron chi connectivity index (χ4n) is 3.74. The van der Waals surface area contributed by atoms with E-state index >= 15 is 0 Å². The predicted octanol–water partition coefficient (Wildman–Crippen LogP) is 5.18. The lowest BCUT2D eigenvalue weighted by Gasteiger charge is -2.26. The number of ketones is 1. The molecule has 1 atom stereocenters. The zero-order valence-corrected chi connectivity index (χ0v) is 18.3. The van der Waals surface area contributed by atoms with E-state index in [-0.39, 0.29) is 11.9 Å². The summed E-state index contributed by atoms with van der Waals surface area (Å²) in [6.45, 7) is 6.13. The first-order valence-corrected chi connectivity index (χ1v) is 10.5. The van der Waals surface area contributed by atoms with E-state index in [0.717, 1.165) is 16.7 Å². The maximum atomic E-state index is 12.3. The van der Waals surface area contributed by atoms with Crippen molar-refractivity contribution in [1.82, 2.24) is 4.98 Å². The molecular weight excluding hydrogens is 404 g/mol. The molecule has 0 saturated heterocycles. The molecular formula is C26H24N2O4. The molecule has 2 heterocycles. The Morgan fingerprint density at radius 2 is 1.84 bits per heavy atom. The highest BCUT2D eigenvalue weighted by atomic mass is 16.5. The molecule has 0 N–H and O–H groups in total. The number of hydrogen-bond donors (Lipinski definition) is 0. The Labute approximate surface area is 187 Å². The summed E-state index contributed by atoms with van der Waals surface area (Å²) in [6.07, 6.45) is 3.20. The van der Waals surface area contributed by atoms with Gasteiger partial charge in [0.05, 0.1) is 29.9 Å². The summed E-state index contributed by atoms with van der Waals surface area (Å²) in [5, 5.41) is 9.36. The van der Waals surface area contributed by atoms with Crippen LogP contribution in [0.3, 0.4) is 0 Å². The first-order valence-electron chi connectivity index (χ1n) is 10.5. The second-order valence-corrected chi connectivity index (χ2v) is 7.90. The van der Waals surface area contributed by atoms with Crippen molar-refractivity contribution in [3.05, 3.63) is 82.7 Å². The number of hydrogen-bond acceptors (Lipinski definition) is 6. The lowest BCUT2D eigenvalue weighted by atomic mass is 9.98. The fraction of sp³-hybridized carbons (Fsp3) is 0.269. The lowest BCUT2D eigenvalue weighted by Crippen LogP contribution is -2.18. The number of fused-ring (bicyclic) bond motifs is 1. The van der Waals surface area contributed by atoms with Crippen LogP contribution in [0.5, 0.6) is 17.2 Å². The summed E-state index contributed by atoms with van der Waals surface area (Å²) >= 11 is 0. The Kier molecular flexibility index (Phi) is 6.09. The average molecular weight is 428 g/mol. The van der Waals surface area contributed by atoms with Gasteiger partial charge in [-0.25, -0.2) is 0 Å². The summed E-state index contributed by atoms with van der Waals surface area (Å²) in [5.74, 6) is 1.85. The molecule has 32 heavy (non-hydrogen) atoms. The lowest BCUT2D eigenvalue weighted by molar-refractivity contribution is 0.0932. The van der Waals surface area contributed by atoms with Gasteiger partial charge in [-0.3, -0.25) is 9.78 Å². The minimum absolute atomic E-state index is 0.0753. The van der Waals surface area contributed by atoms with Gasteiger partial charge in [0.25, 0.3) is 0 Å². The molecule has 0 amide bonds. The van der Waals surface area contributed by atoms with Crippen LogP contribution in [0.15, 0.2) is 54.9 Å². The molecule has 0 saturated carbocycles. The van der Waals surface area contributed by atoms with E-state index in [9.17, 15) is 10.1 Å². The Bertz CT molecular complexity index is 1180. The van der Waals surface area contributed by atoms with Crippen LogP contribution >= 0.6 is 0 Å². The number of benzene rings is 2. The van der Waals surface area contributed by atoms with Gasteiger partial charge in [-0.2, -0.15) is 5.26 Å². The van der Waals surface area contributed by atoms with E-state index in [1.807, 2.05) is 45.0 Å². The summed E-state index contributed by atoms with van der Waals surface area (Å²) in [7, 11) is 0. The highest BCUT2D eigenvalue weighted by molar-refractivity contribution is 6.00. The monoisotopic (exact) mass is 428 g/mol. The molecule has 0 bridgehead atoms. The van der Waals surface area contributed by atoms with Crippen LogP contribution < -0.4 is 14.2 Å². The van der Waals surface area contributed by atoms with Gasteiger partial charge in [0, 0.05) is 35.5 Å². The molecule has 3 aromatic rings. The first kappa shape index (κ1) is 21.4. The zero-order chi connectivity index (χ0) is 22.7. The van der Waals surface area contributed by atoms with Crippen molar-refractivity contribution in [2.45, 2.75) is 39.4 Å². The van der Waals surface area contributed by atoms with Crippen LogP contribution in [0.25, 0.3) is 0 Å². The van der Waals surface area contributed by atoms with Crippen molar-refractivity contribution in [3.63, 3.8) is 0 Å². The minimum Gasteiger partial charge on any atom is -0.492 e. The van der Waals surface area contributed by atoms with Gasteiger partial charge in [-0.15, -0.1) is 0 Å². The van der Waals surface area contributed by atoms with E-state index < -0.39 is 6.10 Å². The topological polar surface area (TPSA) is 81.4 Å². The van der Waals surface area contributed by atoms with E-state index in [4.69, 9.17) is 14.2 Å². The second-order valence-electron chi connectivity index (χ2n) is 7.90. The Balaban J connectivity index is 1.81. The van der Waals surface area contributed by atoms with Crippen molar-refractivity contribution >= 4 is 5.78 Å². The number of nitrogens with zero attached hydrogens (tertiary/aromatic N) is 2. The first-order chi connectivity index (χ1) is 15.5. The smallest absolute Gasteiger partial charge is 0.170 e. The quantitative estimate of drug-likeness (QED) is 0.538. The highest BCUT2D eigenvalue weighted by Gasteiger charge is 2.26. The van der Waals surface area contributed by atoms with Crippen LogP contribution in [0.1, 0.15) is 59.0 Å². The van der Waals surface area contributed by atoms with Crippen molar-refractivity contribution in [1.29, 1.82) is 5.26 Å². The fourth-order valence-corrected chi connectivity index (χ4v) is 3.74. The summed E-state index contributed by atoms with van der Waals surface area (Å²) in [6, 6.07) is 14.8. The van der Waals surface area contributed by atoms with Crippen molar-refractivity contribution in [2.24, 2.45) is 0 Å². The van der Waals surface area contributed by atoms with Gasteiger partial charge in [0.1, 0.15) is 17.2 Å². The zero-order valence-electron chi connectivity index (χ0n) is 18.3. The number of pyridine rings is 1. The molecule has 1 aliphatic heterocycles. The maximum absolute atomic E-state index is 12.3. The number of nitriles is 1. The van der Waals surface area contributed by atoms with Gasteiger partial charge in [-0.05, 0) is 63.2 Å². The largest absolute Gasteiger partial charge is 0.492 e. The van der Waals surface area contributed by atoms with E-state index in [1.54, 1.807) is 30.6 Å². The summed E-state index contributed by atoms with van der Waals surface area (Å²) in [5.41, 5.74) is 3.54. The molecule has 0 radical (unpaired) electrons. The number of aromatic nitrogens is 1. The number of Topliss-reactive ketones (excluding diaryl/α,β-unsaturated/α-hetero) is 1.